The van der Waals surface area contributed by atoms with Gasteiger partial charge in [0.2, 0.25) is 11.7 Å². The van der Waals surface area contributed by atoms with Gasteiger partial charge in [-0.1, -0.05) is 6.07 Å². The van der Waals surface area contributed by atoms with Crippen LogP contribution in [0.25, 0.3) is 11.1 Å². The molecule has 2 aromatic rings. The molecule has 0 bridgehead atoms. The lowest BCUT2D eigenvalue weighted by molar-refractivity contribution is -0.132. The minimum absolute atomic E-state index is 0.0526. The second kappa shape index (κ2) is 9.72. The van der Waals surface area contributed by atoms with Crippen LogP contribution < -0.4 is 30.3 Å². The second-order valence-corrected chi connectivity index (χ2v) is 7.56. The zero-order chi connectivity index (χ0) is 24.3. The summed E-state index contributed by atoms with van der Waals surface area (Å²) < 4.78 is 16.5. The number of rotatable bonds is 5. The van der Waals surface area contributed by atoms with Crippen molar-refractivity contribution in [2.75, 3.05) is 21.3 Å². The maximum atomic E-state index is 12.9. The first-order valence-electron chi connectivity index (χ1n) is 10.4. The van der Waals surface area contributed by atoms with Crippen LogP contribution in [0.15, 0.2) is 29.1 Å². The van der Waals surface area contributed by atoms with Crippen molar-refractivity contribution < 1.29 is 28.6 Å². The van der Waals surface area contributed by atoms with Crippen LogP contribution >= 0.6 is 0 Å². The minimum Gasteiger partial charge on any atom is -0.493 e. The highest BCUT2D eigenvalue weighted by atomic mass is 16.6. The number of carbonyl (C=O) groups excluding carboxylic acids is 3. The Morgan fingerprint density at radius 3 is 2.33 bits per heavy atom. The molecule has 0 aliphatic heterocycles. The Labute approximate surface area is 191 Å². The molecular weight excluding hydrogens is 428 g/mol. The van der Waals surface area contributed by atoms with Crippen molar-refractivity contribution >= 4 is 17.8 Å². The zero-order valence-corrected chi connectivity index (χ0v) is 19.2. The molecule has 174 valence electrons. The number of carbonyl (C=O) groups is 3. The van der Waals surface area contributed by atoms with Crippen molar-refractivity contribution in [3.8, 4) is 28.4 Å². The topological polar surface area (TPSA) is 120 Å². The summed E-state index contributed by atoms with van der Waals surface area (Å²) in [6.07, 6.45) is 0.955. The highest BCUT2D eigenvalue weighted by Crippen LogP contribution is 2.50. The normalized spacial score (nSPS) is 14.2. The van der Waals surface area contributed by atoms with E-state index in [1.165, 1.54) is 47.2 Å². The minimum atomic E-state index is -0.566. The summed E-state index contributed by atoms with van der Waals surface area (Å²) >= 11 is 0. The number of ether oxygens (including phenoxy) is 3. The lowest BCUT2D eigenvalue weighted by atomic mass is 9.95. The van der Waals surface area contributed by atoms with E-state index in [0.29, 0.717) is 35.3 Å². The van der Waals surface area contributed by atoms with Gasteiger partial charge in [0.15, 0.2) is 16.9 Å². The van der Waals surface area contributed by atoms with E-state index in [1.54, 1.807) is 12.1 Å². The summed E-state index contributed by atoms with van der Waals surface area (Å²) in [7, 11) is 4.34. The fourth-order valence-corrected chi connectivity index (χ4v) is 4.08. The van der Waals surface area contributed by atoms with Gasteiger partial charge in [0, 0.05) is 26.5 Å². The number of hydrogen-bond donors (Lipinski definition) is 2. The van der Waals surface area contributed by atoms with Crippen LogP contribution in [-0.2, 0) is 16.0 Å². The van der Waals surface area contributed by atoms with Crippen molar-refractivity contribution in [3.05, 3.63) is 51.2 Å². The average Bonchev–Trinajstić information content (AvgIpc) is 3.01. The molecule has 0 aromatic heterocycles. The van der Waals surface area contributed by atoms with Gasteiger partial charge in [0.25, 0.3) is 5.91 Å². The molecule has 0 saturated carbocycles. The van der Waals surface area contributed by atoms with Crippen LogP contribution in [0.4, 0.5) is 0 Å². The van der Waals surface area contributed by atoms with Crippen LogP contribution in [-0.4, -0.2) is 39.1 Å². The molecule has 2 amide bonds. The van der Waals surface area contributed by atoms with E-state index in [-0.39, 0.29) is 23.0 Å². The summed E-state index contributed by atoms with van der Waals surface area (Å²) in [5.74, 6) is -0.626. The molecule has 3 rings (SSSR count). The van der Waals surface area contributed by atoms with Crippen molar-refractivity contribution in [2.24, 2.45) is 0 Å². The van der Waals surface area contributed by atoms with E-state index in [1.807, 2.05) is 0 Å². The number of esters is 1. The Bertz CT molecular complexity index is 1190. The molecule has 0 spiro atoms. The molecule has 0 fully saturated rings. The van der Waals surface area contributed by atoms with Gasteiger partial charge in [0.05, 0.1) is 25.8 Å². The fourth-order valence-electron chi connectivity index (χ4n) is 4.08. The third kappa shape index (κ3) is 4.67. The predicted octanol–water partition coefficient (Wildman–Crippen LogP) is 2.14. The first-order valence-corrected chi connectivity index (χ1v) is 10.4. The SMILES string of the molecule is CNC(=O)c1ccc2c(cc1=O)[C@@H](NC(C)=O)CCc1cc(OC)c(OC)c(OC(C)=O)c1-2. The van der Waals surface area contributed by atoms with Gasteiger partial charge >= 0.3 is 5.97 Å². The molecule has 1 aliphatic carbocycles. The van der Waals surface area contributed by atoms with Crippen molar-refractivity contribution in [1.29, 1.82) is 0 Å². The first-order chi connectivity index (χ1) is 15.7. The van der Waals surface area contributed by atoms with Gasteiger partial charge in [0.1, 0.15) is 0 Å². The smallest absolute Gasteiger partial charge is 0.308 e. The maximum absolute atomic E-state index is 12.9. The van der Waals surface area contributed by atoms with Crippen LogP contribution in [0.3, 0.4) is 0 Å². The quantitative estimate of drug-likeness (QED) is 0.525. The van der Waals surface area contributed by atoms with Crippen LogP contribution in [0.5, 0.6) is 17.2 Å². The highest BCUT2D eigenvalue weighted by Gasteiger charge is 2.30. The van der Waals surface area contributed by atoms with Crippen molar-refractivity contribution in [1.82, 2.24) is 10.6 Å². The Kier molecular flexibility index (Phi) is 7.01. The van der Waals surface area contributed by atoms with E-state index in [9.17, 15) is 19.2 Å². The standard InChI is InChI=1S/C24H26N2O7/c1-12(27)26-18-9-6-14-10-20(31-4)22(32-5)23(33-13(2)28)21(14)15-7-8-16(24(30)25-3)19(29)11-17(15)18/h7-8,10-11,18H,6,9H2,1-5H3,(H,25,30)(H,26,27)/t18-/m0/s1. The molecule has 1 aliphatic rings. The fraction of sp³-hybridized carbons (Fsp3) is 0.333. The number of methoxy groups -OCH3 is 2. The number of benzene rings is 1. The van der Waals surface area contributed by atoms with Crippen LogP contribution in [0.1, 0.15) is 47.8 Å². The number of hydrogen-bond acceptors (Lipinski definition) is 7. The molecule has 0 heterocycles. The molecule has 0 saturated heterocycles. The van der Waals surface area contributed by atoms with Gasteiger partial charge in [-0.2, -0.15) is 0 Å². The van der Waals surface area contributed by atoms with Gasteiger partial charge in [-0.05, 0) is 47.7 Å². The number of nitrogens with one attached hydrogen (secondary N) is 2. The Hall–Kier alpha value is -3.88. The van der Waals surface area contributed by atoms with E-state index in [2.05, 4.69) is 10.6 Å². The molecular formula is C24H26N2O7. The summed E-state index contributed by atoms with van der Waals surface area (Å²) in [5.41, 5.74) is 1.80. The molecule has 0 radical (unpaired) electrons. The third-order valence-corrected chi connectivity index (χ3v) is 5.43. The summed E-state index contributed by atoms with van der Waals surface area (Å²) in [5, 5.41) is 5.34. The average molecular weight is 454 g/mol. The van der Waals surface area contributed by atoms with E-state index in [0.717, 1.165) is 5.56 Å². The Morgan fingerprint density at radius 1 is 1.03 bits per heavy atom. The van der Waals surface area contributed by atoms with Gasteiger partial charge < -0.3 is 24.8 Å². The lowest BCUT2D eigenvalue weighted by Gasteiger charge is -2.19. The summed E-state index contributed by atoms with van der Waals surface area (Å²) in [4.78, 5) is 49.1. The molecule has 1 atom stereocenters. The number of fused-ring (bicyclic) bond motifs is 3. The first kappa shape index (κ1) is 23.8. The lowest BCUT2D eigenvalue weighted by Crippen LogP contribution is -2.27. The maximum Gasteiger partial charge on any atom is 0.308 e. The predicted molar refractivity (Wildman–Crippen MR) is 121 cm³/mol. The van der Waals surface area contributed by atoms with E-state index in [4.69, 9.17) is 14.2 Å². The summed E-state index contributed by atoms with van der Waals surface area (Å²) in [6.45, 7) is 2.67. The second-order valence-electron chi connectivity index (χ2n) is 7.56. The monoisotopic (exact) mass is 454 g/mol. The van der Waals surface area contributed by atoms with Crippen molar-refractivity contribution in [3.63, 3.8) is 0 Å². The van der Waals surface area contributed by atoms with Gasteiger partial charge in [-0.3, -0.25) is 19.2 Å². The molecule has 9 nitrogen and oxygen atoms in total. The Morgan fingerprint density at radius 2 is 1.76 bits per heavy atom. The summed E-state index contributed by atoms with van der Waals surface area (Å²) in [6, 6.07) is 5.67. The van der Waals surface area contributed by atoms with E-state index >= 15 is 0 Å². The van der Waals surface area contributed by atoms with Gasteiger partial charge in [-0.25, -0.2) is 0 Å². The third-order valence-electron chi connectivity index (χ3n) is 5.43. The van der Waals surface area contributed by atoms with Gasteiger partial charge in [-0.15, -0.1) is 0 Å². The number of amides is 2. The van der Waals surface area contributed by atoms with E-state index < -0.39 is 23.3 Å². The van der Waals surface area contributed by atoms with Crippen molar-refractivity contribution in [2.45, 2.75) is 32.7 Å². The molecule has 0 unspecified atom stereocenters. The Balaban J connectivity index is 2.46. The molecule has 33 heavy (non-hydrogen) atoms. The zero-order valence-electron chi connectivity index (χ0n) is 19.2. The molecule has 9 heteroatoms. The highest BCUT2D eigenvalue weighted by molar-refractivity contribution is 5.94. The molecule has 2 N–H and O–H groups in total. The largest absolute Gasteiger partial charge is 0.493 e. The van der Waals surface area contributed by atoms with Crippen LogP contribution in [0, 0.1) is 0 Å². The number of aryl methyl sites for hydroxylation is 1. The molecule has 2 aromatic carbocycles. The van der Waals surface area contributed by atoms with Crippen LogP contribution in [0.2, 0.25) is 0 Å².